The van der Waals surface area contributed by atoms with E-state index in [1.807, 2.05) is 63.2 Å². The first kappa shape index (κ1) is 18.1. The fraction of sp³-hybridized carbons (Fsp3) is 0.333. The van der Waals surface area contributed by atoms with Gasteiger partial charge in [-0.05, 0) is 49.2 Å². The lowest BCUT2D eigenvalue weighted by molar-refractivity contribution is -0.127. The quantitative estimate of drug-likeness (QED) is 0.776. The van der Waals surface area contributed by atoms with Crippen molar-refractivity contribution in [3.63, 3.8) is 0 Å². The third kappa shape index (κ3) is 3.48. The molecule has 0 radical (unpaired) electrons. The van der Waals surface area contributed by atoms with Gasteiger partial charge in [-0.3, -0.25) is 9.59 Å². The van der Waals surface area contributed by atoms with E-state index in [4.69, 9.17) is 0 Å². The van der Waals surface area contributed by atoms with Gasteiger partial charge in [0.25, 0.3) is 0 Å². The van der Waals surface area contributed by atoms with Gasteiger partial charge in [-0.25, -0.2) is 0 Å². The van der Waals surface area contributed by atoms with E-state index in [9.17, 15) is 9.59 Å². The van der Waals surface area contributed by atoms with Crippen LogP contribution in [0.15, 0.2) is 48.5 Å². The second-order valence-corrected chi connectivity index (χ2v) is 7.07. The van der Waals surface area contributed by atoms with Crippen LogP contribution in [0.25, 0.3) is 0 Å². The lowest BCUT2D eigenvalue weighted by atomic mass is 9.75. The number of amides is 2. The first-order valence-corrected chi connectivity index (χ1v) is 8.94. The fourth-order valence-electron chi connectivity index (χ4n) is 3.30. The molecule has 0 saturated carbocycles. The normalized spacial score (nSPS) is 18.0. The molecule has 0 saturated heterocycles. The number of carbonyl (C=O) groups is 2. The molecule has 26 heavy (non-hydrogen) atoms. The fourth-order valence-corrected chi connectivity index (χ4v) is 3.30. The molecule has 1 atom stereocenters. The van der Waals surface area contributed by atoms with Crippen LogP contribution in [0, 0.1) is 0 Å². The highest BCUT2D eigenvalue weighted by Gasteiger charge is 2.39. The molecule has 1 aliphatic heterocycles. The van der Waals surface area contributed by atoms with Crippen molar-refractivity contribution in [1.29, 1.82) is 0 Å². The molecule has 0 spiro atoms. The van der Waals surface area contributed by atoms with Crippen molar-refractivity contribution < 1.29 is 9.59 Å². The molecule has 0 unspecified atom stereocenters. The molecule has 0 bridgehead atoms. The first-order valence-electron chi connectivity index (χ1n) is 8.94. The number of carbonyl (C=O) groups excluding carboxylic acids is 2. The highest BCUT2D eigenvalue weighted by Crippen LogP contribution is 2.38. The minimum Gasteiger partial charge on any atom is -0.344 e. The molecule has 0 aliphatic carbocycles. The zero-order valence-corrected chi connectivity index (χ0v) is 15.4. The second-order valence-electron chi connectivity index (χ2n) is 7.07. The number of anilines is 1. The van der Waals surface area contributed by atoms with Gasteiger partial charge in [-0.15, -0.1) is 0 Å². The van der Waals surface area contributed by atoms with Crippen molar-refractivity contribution in [1.82, 2.24) is 10.6 Å². The van der Waals surface area contributed by atoms with Gasteiger partial charge in [0, 0.05) is 5.69 Å². The summed E-state index contributed by atoms with van der Waals surface area (Å²) in [5, 5.41) is 8.99. The number of likely N-dealkylation sites (N-methyl/N-ethyl adjacent to an activating group) is 1. The maximum Gasteiger partial charge on any atom is 0.238 e. The third-order valence-electron chi connectivity index (χ3n) is 4.85. The molecule has 2 aromatic carbocycles. The predicted octanol–water partition coefficient (Wildman–Crippen LogP) is 2.73. The van der Waals surface area contributed by atoms with E-state index >= 15 is 0 Å². The Kier molecular flexibility index (Phi) is 5.09. The van der Waals surface area contributed by atoms with E-state index in [1.54, 1.807) is 0 Å². The summed E-state index contributed by atoms with van der Waals surface area (Å²) >= 11 is 0. The Hall–Kier alpha value is -2.66. The van der Waals surface area contributed by atoms with Gasteiger partial charge in [-0.2, -0.15) is 0 Å². The van der Waals surface area contributed by atoms with Gasteiger partial charge in [0.15, 0.2) is 0 Å². The molecule has 3 rings (SSSR count). The molecule has 1 heterocycles. The highest BCUT2D eigenvalue weighted by molar-refractivity contribution is 5.92. The van der Waals surface area contributed by atoms with Gasteiger partial charge in [0.05, 0.1) is 18.0 Å². The summed E-state index contributed by atoms with van der Waals surface area (Å²) in [7, 11) is 0. The molecule has 0 fully saturated rings. The van der Waals surface area contributed by atoms with Crippen LogP contribution in [0.2, 0.25) is 0 Å². The largest absolute Gasteiger partial charge is 0.344 e. The van der Waals surface area contributed by atoms with Crippen molar-refractivity contribution >= 4 is 17.5 Å². The average Bonchev–Trinajstić information content (AvgIpc) is 2.64. The Morgan fingerprint density at radius 3 is 2.50 bits per heavy atom. The van der Waals surface area contributed by atoms with E-state index in [0.717, 1.165) is 28.9 Å². The van der Waals surface area contributed by atoms with E-state index in [-0.39, 0.29) is 17.9 Å². The lowest BCUT2D eigenvalue weighted by Gasteiger charge is -2.37. The van der Waals surface area contributed by atoms with Crippen molar-refractivity contribution in [3.05, 3.63) is 65.2 Å². The van der Waals surface area contributed by atoms with E-state index < -0.39 is 5.41 Å². The van der Waals surface area contributed by atoms with Gasteiger partial charge in [-0.1, -0.05) is 43.3 Å². The SMILES string of the molecule is CCNCC(=O)Nc1ccc([C@@H]2NC(=O)C(C)(C)c3ccccc32)cc1. The van der Waals surface area contributed by atoms with Crippen molar-refractivity contribution in [2.45, 2.75) is 32.2 Å². The summed E-state index contributed by atoms with van der Waals surface area (Å²) in [5.74, 6) is -0.0538. The molecule has 136 valence electrons. The summed E-state index contributed by atoms with van der Waals surface area (Å²) < 4.78 is 0. The first-order chi connectivity index (χ1) is 12.4. The van der Waals surface area contributed by atoms with Crippen LogP contribution in [0.1, 0.15) is 43.5 Å². The molecule has 0 aromatic heterocycles. The Balaban J connectivity index is 1.83. The molecular formula is C21H25N3O2. The minimum absolute atomic E-state index is 0.0178. The van der Waals surface area contributed by atoms with Crippen LogP contribution in [-0.2, 0) is 15.0 Å². The molecule has 3 N–H and O–H groups in total. The molecule has 5 nitrogen and oxygen atoms in total. The van der Waals surface area contributed by atoms with Crippen LogP contribution in [0.3, 0.4) is 0 Å². The smallest absolute Gasteiger partial charge is 0.238 e. The molecule has 5 heteroatoms. The van der Waals surface area contributed by atoms with Crippen LogP contribution in [0.4, 0.5) is 5.69 Å². The maximum atomic E-state index is 12.6. The number of benzene rings is 2. The molecule has 2 aromatic rings. The minimum atomic E-state index is -0.548. The van der Waals surface area contributed by atoms with Crippen LogP contribution in [0.5, 0.6) is 0 Å². The van der Waals surface area contributed by atoms with Gasteiger partial charge in [0.1, 0.15) is 0 Å². The van der Waals surface area contributed by atoms with Crippen LogP contribution in [-0.4, -0.2) is 24.9 Å². The Bertz CT molecular complexity index is 812. The van der Waals surface area contributed by atoms with Gasteiger partial charge < -0.3 is 16.0 Å². The Labute approximate surface area is 154 Å². The number of nitrogens with one attached hydrogen (secondary N) is 3. The lowest BCUT2D eigenvalue weighted by Crippen LogP contribution is -2.47. The van der Waals surface area contributed by atoms with E-state index in [2.05, 4.69) is 22.0 Å². The summed E-state index contributed by atoms with van der Waals surface area (Å²) in [6.45, 7) is 6.89. The number of hydrogen-bond acceptors (Lipinski definition) is 3. The summed E-state index contributed by atoms with van der Waals surface area (Å²) in [4.78, 5) is 24.4. The maximum absolute atomic E-state index is 12.6. The van der Waals surface area contributed by atoms with Crippen molar-refractivity contribution in [2.75, 3.05) is 18.4 Å². The van der Waals surface area contributed by atoms with Crippen molar-refractivity contribution in [3.8, 4) is 0 Å². The summed E-state index contributed by atoms with van der Waals surface area (Å²) in [5.41, 5.74) is 3.35. The van der Waals surface area contributed by atoms with Crippen LogP contribution >= 0.6 is 0 Å². The second kappa shape index (κ2) is 7.30. The molecule has 1 aliphatic rings. The van der Waals surface area contributed by atoms with Gasteiger partial charge >= 0.3 is 0 Å². The summed E-state index contributed by atoms with van der Waals surface area (Å²) in [6, 6.07) is 15.5. The Morgan fingerprint density at radius 1 is 1.12 bits per heavy atom. The topological polar surface area (TPSA) is 70.2 Å². The molecular weight excluding hydrogens is 326 g/mol. The number of hydrogen-bond donors (Lipinski definition) is 3. The van der Waals surface area contributed by atoms with Gasteiger partial charge in [0.2, 0.25) is 11.8 Å². The standard InChI is InChI=1S/C21H25N3O2/c1-4-22-13-18(25)23-15-11-9-14(10-12-15)19-16-7-5-6-8-17(16)21(2,3)20(26)24-19/h5-12,19,22H,4,13H2,1-3H3,(H,23,25)(H,24,26)/t19-/m0/s1. The van der Waals surface area contributed by atoms with E-state index in [1.165, 1.54) is 0 Å². The zero-order valence-electron chi connectivity index (χ0n) is 15.4. The highest BCUT2D eigenvalue weighted by atomic mass is 16.2. The summed E-state index contributed by atoms with van der Waals surface area (Å²) in [6.07, 6.45) is 0. The van der Waals surface area contributed by atoms with Crippen LogP contribution < -0.4 is 16.0 Å². The predicted molar refractivity (Wildman–Crippen MR) is 103 cm³/mol. The molecule has 2 amide bonds. The number of fused-ring (bicyclic) bond motifs is 1. The zero-order chi connectivity index (χ0) is 18.7. The van der Waals surface area contributed by atoms with Crippen molar-refractivity contribution in [2.24, 2.45) is 0 Å². The Morgan fingerprint density at radius 2 is 1.81 bits per heavy atom. The number of rotatable bonds is 5. The average molecular weight is 351 g/mol. The van der Waals surface area contributed by atoms with E-state index in [0.29, 0.717) is 6.54 Å². The third-order valence-corrected chi connectivity index (χ3v) is 4.85. The monoisotopic (exact) mass is 351 g/mol.